The number of esters is 1. The van der Waals surface area contributed by atoms with Crippen LogP contribution in [0.5, 0.6) is 11.5 Å². The maximum atomic E-state index is 14.2. The van der Waals surface area contributed by atoms with E-state index in [9.17, 15) is 54.6 Å². The van der Waals surface area contributed by atoms with Gasteiger partial charge in [-0.1, -0.05) is 23.2 Å². The molecule has 258 valence electrons. The van der Waals surface area contributed by atoms with E-state index in [-0.39, 0.29) is 22.4 Å². The molecule has 0 aliphatic heterocycles. The van der Waals surface area contributed by atoms with Gasteiger partial charge in [-0.25, -0.2) is 13.6 Å². The molecule has 1 N–H and O–H groups in total. The first kappa shape index (κ1) is 37.7. The number of phenols is 1. The second kappa shape index (κ2) is 14.6. The van der Waals surface area contributed by atoms with Gasteiger partial charge in [-0.2, -0.15) is 45.9 Å². The number of hydrogen-bond donors (Lipinski definition) is 1. The third-order valence-electron chi connectivity index (χ3n) is 6.17. The van der Waals surface area contributed by atoms with E-state index in [1.807, 2.05) is 0 Å². The second-order valence-corrected chi connectivity index (χ2v) is 10.2. The van der Waals surface area contributed by atoms with Crippen LogP contribution in [0.3, 0.4) is 0 Å². The topological polar surface area (TPSA) is 126 Å². The minimum atomic E-state index is -4.78. The first-order valence-electron chi connectivity index (χ1n) is 13.0. The number of carbonyl (C=O) groups excluding carboxylic acids is 1. The van der Waals surface area contributed by atoms with E-state index in [0.717, 1.165) is 38.1 Å². The van der Waals surface area contributed by atoms with Gasteiger partial charge in [-0.15, -0.1) is 0 Å². The van der Waals surface area contributed by atoms with Crippen LogP contribution >= 0.6 is 23.2 Å². The Balaban J connectivity index is 0.000000269. The van der Waals surface area contributed by atoms with Crippen molar-refractivity contribution in [2.45, 2.75) is 33.1 Å². The van der Waals surface area contributed by atoms with Crippen LogP contribution in [0.2, 0.25) is 10.0 Å². The van der Waals surface area contributed by atoms with Gasteiger partial charge >= 0.3 is 18.3 Å². The summed E-state index contributed by atoms with van der Waals surface area (Å²) in [5.41, 5.74) is -7.02. The van der Waals surface area contributed by atoms with Crippen molar-refractivity contribution in [1.29, 1.82) is 0 Å². The van der Waals surface area contributed by atoms with E-state index in [4.69, 9.17) is 27.9 Å². The van der Waals surface area contributed by atoms with E-state index in [1.54, 1.807) is 6.92 Å². The standard InChI is InChI=1S/C16H13ClF4N2O4.C12H7ClF4N2O2/c1-3-26-14(24)7-27-13-5-12(11(18)4-10(13)17)23-15(25)8(2)9(6-22-23)16(19,20)21;1-5-6(12(15,16)17)4-18-19(11(5)21)9-3-10(20)7(13)2-8(9)14/h4-6H,3,7H2,1-2H3;2-4,20H,1H3. The smallest absolute Gasteiger partial charge is 0.418 e. The van der Waals surface area contributed by atoms with Crippen molar-refractivity contribution in [3.8, 4) is 22.9 Å². The van der Waals surface area contributed by atoms with Gasteiger partial charge < -0.3 is 14.6 Å². The summed E-state index contributed by atoms with van der Waals surface area (Å²) in [5.74, 6) is -3.43. The number of alkyl halides is 6. The largest absolute Gasteiger partial charge is 0.506 e. The average molecular weight is 731 g/mol. The Kier molecular flexibility index (Phi) is 11.5. The third kappa shape index (κ3) is 8.41. The summed E-state index contributed by atoms with van der Waals surface area (Å²) in [4.78, 5) is 35.5. The maximum absolute atomic E-state index is 14.2. The summed E-state index contributed by atoms with van der Waals surface area (Å²) in [5, 5.41) is 15.6. The molecule has 10 nitrogen and oxygen atoms in total. The molecule has 20 heteroatoms. The van der Waals surface area contributed by atoms with Crippen molar-refractivity contribution in [3.05, 3.63) is 101 Å². The first-order chi connectivity index (χ1) is 22.2. The molecule has 4 rings (SSSR count). The van der Waals surface area contributed by atoms with Gasteiger partial charge in [0.2, 0.25) is 0 Å². The number of ether oxygens (including phenoxy) is 2. The molecule has 0 unspecified atom stereocenters. The van der Waals surface area contributed by atoms with Crippen molar-refractivity contribution in [2.75, 3.05) is 13.2 Å². The van der Waals surface area contributed by atoms with Crippen molar-refractivity contribution >= 4 is 29.2 Å². The maximum Gasteiger partial charge on any atom is 0.418 e. The minimum Gasteiger partial charge on any atom is -0.506 e. The zero-order valence-corrected chi connectivity index (χ0v) is 25.9. The van der Waals surface area contributed by atoms with Gasteiger partial charge in [0.25, 0.3) is 11.1 Å². The van der Waals surface area contributed by atoms with Gasteiger partial charge in [0.1, 0.15) is 22.9 Å². The molecule has 2 aromatic heterocycles. The fourth-order valence-electron chi connectivity index (χ4n) is 3.81. The number of phenolic OH excluding ortho intramolecular Hbond substituents is 1. The van der Waals surface area contributed by atoms with Crippen molar-refractivity contribution < 1.29 is 54.5 Å². The molecule has 4 aromatic rings. The van der Waals surface area contributed by atoms with Gasteiger partial charge in [-0.05, 0) is 32.9 Å². The van der Waals surface area contributed by atoms with Crippen LogP contribution in [-0.2, 0) is 21.9 Å². The van der Waals surface area contributed by atoms with Crippen molar-refractivity contribution in [2.24, 2.45) is 0 Å². The quantitative estimate of drug-likeness (QED) is 0.180. The number of nitrogens with zero attached hydrogens (tertiary/aromatic N) is 4. The van der Waals surface area contributed by atoms with Crippen LogP contribution in [0, 0.1) is 25.5 Å². The lowest BCUT2D eigenvalue weighted by molar-refractivity contribution is -0.145. The number of aromatic nitrogens is 4. The summed E-state index contributed by atoms with van der Waals surface area (Å²) < 4.78 is 115. The molecule has 0 bridgehead atoms. The van der Waals surface area contributed by atoms with Crippen LogP contribution in [0.1, 0.15) is 29.2 Å². The van der Waals surface area contributed by atoms with Crippen molar-refractivity contribution in [3.63, 3.8) is 0 Å². The lowest BCUT2D eigenvalue weighted by atomic mass is 10.2. The van der Waals surface area contributed by atoms with E-state index in [0.29, 0.717) is 21.8 Å². The average Bonchev–Trinajstić information content (AvgIpc) is 2.97. The Morgan fingerprint density at radius 3 is 1.69 bits per heavy atom. The number of hydrogen-bond acceptors (Lipinski definition) is 8. The predicted octanol–water partition coefficient (Wildman–Crippen LogP) is 6.35. The van der Waals surface area contributed by atoms with E-state index >= 15 is 0 Å². The highest BCUT2D eigenvalue weighted by atomic mass is 35.5. The summed E-state index contributed by atoms with van der Waals surface area (Å²) in [6.45, 7) is 3.08. The molecular weight excluding hydrogens is 711 g/mol. The van der Waals surface area contributed by atoms with E-state index in [2.05, 4.69) is 14.9 Å². The molecule has 0 radical (unpaired) electrons. The second-order valence-electron chi connectivity index (χ2n) is 9.38. The summed E-state index contributed by atoms with van der Waals surface area (Å²) in [6, 6.07) is 3.28. The molecule has 0 amide bonds. The zero-order valence-electron chi connectivity index (χ0n) is 24.4. The van der Waals surface area contributed by atoms with Crippen LogP contribution < -0.4 is 15.9 Å². The Morgan fingerprint density at radius 1 is 0.812 bits per heavy atom. The van der Waals surface area contributed by atoms with E-state index < -0.39 is 87.1 Å². The molecule has 0 aliphatic carbocycles. The summed E-state index contributed by atoms with van der Waals surface area (Å²) >= 11 is 11.3. The van der Waals surface area contributed by atoms with Crippen LogP contribution in [0.4, 0.5) is 35.1 Å². The fraction of sp³-hybridized carbons (Fsp3) is 0.250. The lowest BCUT2D eigenvalue weighted by Gasteiger charge is -2.14. The molecule has 2 aromatic carbocycles. The highest BCUT2D eigenvalue weighted by Crippen LogP contribution is 2.33. The molecule has 0 saturated carbocycles. The number of rotatable bonds is 6. The molecule has 0 saturated heterocycles. The highest BCUT2D eigenvalue weighted by Gasteiger charge is 2.35. The fourth-order valence-corrected chi connectivity index (χ4v) is 4.17. The molecule has 0 fully saturated rings. The summed E-state index contributed by atoms with van der Waals surface area (Å²) in [6.07, 6.45) is -8.68. The molecule has 0 spiro atoms. The number of carbonyl (C=O) groups is 1. The third-order valence-corrected chi connectivity index (χ3v) is 6.77. The van der Waals surface area contributed by atoms with Gasteiger partial charge in [0.15, 0.2) is 18.2 Å². The summed E-state index contributed by atoms with van der Waals surface area (Å²) in [7, 11) is 0. The molecule has 48 heavy (non-hydrogen) atoms. The zero-order chi connectivity index (χ0) is 36.3. The highest BCUT2D eigenvalue weighted by molar-refractivity contribution is 6.32. The Hall–Kier alpha value is -4.71. The van der Waals surface area contributed by atoms with Crippen molar-refractivity contribution in [1.82, 2.24) is 19.6 Å². The number of halogens is 10. The molecule has 2 heterocycles. The monoisotopic (exact) mass is 730 g/mol. The molecule has 0 atom stereocenters. The Bertz CT molecular complexity index is 1980. The molecular formula is C28H20Cl2F8N4O6. The molecule has 0 aliphatic rings. The van der Waals surface area contributed by atoms with E-state index in [1.165, 1.54) is 0 Å². The van der Waals surface area contributed by atoms with Gasteiger partial charge in [0, 0.05) is 23.3 Å². The lowest BCUT2D eigenvalue weighted by Crippen LogP contribution is -2.28. The first-order valence-corrected chi connectivity index (χ1v) is 13.7. The van der Waals surface area contributed by atoms with Gasteiger partial charge in [-0.3, -0.25) is 9.59 Å². The minimum absolute atomic E-state index is 0.120. The van der Waals surface area contributed by atoms with Crippen LogP contribution in [0.15, 0.2) is 46.2 Å². The predicted molar refractivity (Wildman–Crippen MR) is 153 cm³/mol. The van der Waals surface area contributed by atoms with Gasteiger partial charge in [0.05, 0.1) is 40.2 Å². The van der Waals surface area contributed by atoms with Crippen LogP contribution in [-0.4, -0.2) is 43.9 Å². The van der Waals surface area contributed by atoms with Crippen LogP contribution in [0.25, 0.3) is 11.4 Å². The normalized spacial score (nSPS) is 11.5. The SMILES string of the molecule is CCOC(=O)COc1cc(-n2ncc(C(F)(F)F)c(C)c2=O)c(F)cc1Cl.Cc1c(C(F)(F)F)cnn(-c2cc(O)c(Cl)cc2F)c1=O. The Morgan fingerprint density at radius 2 is 1.25 bits per heavy atom. The number of aromatic hydroxyl groups is 1. The Labute approximate surface area is 273 Å². The number of benzene rings is 2.